The predicted molar refractivity (Wildman–Crippen MR) is 87.5 cm³/mol. The molecule has 1 aliphatic rings. The lowest BCUT2D eigenvalue weighted by Crippen LogP contribution is -2.34. The third kappa shape index (κ3) is 5.10. The van der Waals surface area contributed by atoms with Crippen molar-refractivity contribution < 1.29 is 13.2 Å². The van der Waals surface area contributed by atoms with Crippen molar-refractivity contribution in [3.05, 3.63) is 35.4 Å². The summed E-state index contributed by atoms with van der Waals surface area (Å²) in [6.45, 7) is 1.40. The Morgan fingerprint density at radius 2 is 1.77 bits per heavy atom. The molecule has 0 aliphatic carbocycles. The fourth-order valence-electron chi connectivity index (χ4n) is 2.61. The number of carbonyl (C=O) groups excluding carboxylic acids is 1. The molecule has 122 valence electrons. The number of nitrogens with zero attached hydrogens (tertiary/aromatic N) is 1. The molecular weight excluding hydrogens is 300 g/mol. The van der Waals surface area contributed by atoms with Gasteiger partial charge in [-0.1, -0.05) is 12.1 Å². The molecule has 1 aliphatic heterocycles. The predicted octanol–water partition coefficient (Wildman–Crippen LogP) is 1.30. The van der Waals surface area contributed by atoms with Gasteiger partial charge in [-0.25, -0.2) is 8.42 Å². The van der Waals surface area contributed by atoms with Gasteiger partial charge >= 0.3 is 0 Å². The van der Waals surface area contributed by atoms with Gasteiger partial charge in [-0.05, 0) is 50.6 Å². The van der Waals surface area contributed by atoms with Crippen LogP contribution in [0.15, 0.2) is 24.3 Å². The minimum absolute atomic E-state index is 0.0927. The van der Waals surface area contributed by atoms with Gasteiger partial charge in [0.1, 0.15) is 9.84 Å². The van der Waals surface area contributed by atoms with Gasteiger partial charge in [-0.15, -0.1) is 0 Å². The molecule has 1 aromatic carbocycles. The van der Waals surface area contributed by atoms with E-state index in [1.54, 1.807) is 0 Å². The molecule has 6 heteroatoms. The molecule has 22 heavy (non-hydrogen) atoms. The summed E-state index contributed by atoms with van der Waals surface area (Å²) in [5.74, 6) is 0.657. The van der Waals surface area contributed by atoms with Crippen LogP contribution in [0, 0.1) is 5.92 Å². The zero-order valence-electron chi connectivity index (χ0n) is 13.2. The zero-order chi connectivity index (χ0) is 16.2. The molecule has 0 unspecified atom stereocenters. The SMILES string of the molecule is CN(C)Cc1ccc(C(=O)NCC2CCS(=O)(=O)CC2)cc1. The van der Waals surface area contributed by atoms with E-state index < -0.39 is 9.84 Å². The van der Waals surface area contributed by atoms with Crippen LogP contribution in [-0.4, -0.2) is 51.4 Å². The number of amides is 1. The number of hydrogen-bond acceptors (Lipinski definition) is 4. The topological polar surface area (TPSA) is 66.5 Å². The molecule has 1 heterocycles. The average Bonchev–Trinajstić information content (AvgIpc) is 2.46. The Morgan fingerprint density at radius 1 is 1.18 bits per heavy atom. The van der Waals surface area contributed by atoms with Crippen LogP contribution in [0.25, 0.3) is 0 Å². The second-order valence-corrected chi connectivity index (χ2v) is 8.54. The lowest BCUT2D eigenvalue weighted by Gasteiger charge is -2.22. The molecule has 1 saturated heterocycles. The maximum Gasteiger partial charge on any atom is 0.251 e. The summed E-state index contributed by atoms with van der Waals surface area (Å²) in [6.07, 6.45) is 1.29. The van der Waals surface area contributed by atoms with Gasteiger partial charge in [0, 0.05) is 18.7 Å². The van der Waals surface area contributed by atoms with Gasteiger partial charge in [-0.3, -0.25) is 4.79 Å². The summed E-state index contributed by atoms with van der Waals surface area (Å²) in [7, 11) is 1.17. The Kier molecular flexibility index (Phi) is 5.58. The van der Waals surface area contributed by atoms with Crippen LogP contribution in [0.1, 0.15) is 28.8 Å². The highest BCUT2D eigenvalue weighted by molar-refractivity contribution is 7.91. The van der Waals surface area contributed by atoms with Gasteiger partial charge in [0.05, 0.1) is 11.5 Å². The summed E-state index contributed by atoms with van der Waals surface area (Å²) in [5.41, 5.74) is 1.81. The molecule has 1 N–H and O–H groups in total. The molecule has 0 spiro atoms. The van der Waals surface area contributed by atoms with Crippen molar-refractivity contribution in [1.82, 2.24) is 10.2 Å². The molecule has 1 aromatic rings. The van der Waals surface area contributed by atoms with Crippen LogP contribution in [-0.2, 0) is 16.4 Å². The van der Waals surface area contributed by atoms with E-state index in [1.807, 2.05) is 38.4 Å². The average molecular weight is 324 g/mol. The molecular formula is C16H24N2O3S. The number of nitrogens with one attached hydrogen (secondary N) is 1. The van der Waals surface area contributed by atoms with Gasteiger partial charge in [0.2, 0.25) is 0 Å². The van der Waals surface area contributed by atoms with Gasteiger partial charge in [0.15, 0.2) is 0 Å². The van der Waals surface area contributed by atoms with Gasteiger partial charge in [0.25, 0.3) is 5.91 Å². The smallest absolute Gasteiger partial charge is 0.251 e. The first-order valence-corrected chi connectivity index (χ1v) is 9.40. The van der Waals surface area contributed by atoms with Crippen molar-refractivity contribution in [2.24, 2.45) is 5.92 Å². The van der Waals surface area contributed by atoms with E-state index in [4.69, 9.17) is 0 Å². The van der Waals surface area contributed by atoms with E-state index in [0.717, 1.165) is 6.54 Å². The monoisotopic (exact) mass is 324 g/mol. The number of benzene rings is 1. The Balaban J connectivity index is 1.82. The Bertz CT molecular complexity index is 595. The maximum absolute atomic E-state index is 12.1. The van der Waals surface area contributed by atoms with Crippen LogP contribution in [0.4, 0.5) is 0 Å². The molecule has 0 atom stereocenters. The highest BCUT2D eigenvalue weighted by Gasteiger charge is 2.23. The van der Waals surface area contributed by atoms with Crippen molar-refractivity contribution in [2.45, 2.75) is 19.4 Å². The molecule has 2 rings (SSSR count). The third-order valence-corrected chi connectivity index (χ3v) is 5.66. The molecule has 0 radical (unpaired) electrons. The second-order valence-electron chi connectivity index (χ2n) is 6.24. The molecule has 1 fully saturated rings. The van der Waals surface area contributed by atoms with Crippen molar-refractivity contribution in [3.8, 4) is 0 Å². The maximum atomic E-state index is 12.1. The fourth-order valence-corrected chi connectivity index (χ4v) is 4.20. The lowest BCUT2D eigenvalue weighted by atomic mass is 10.0. The summed E-state index contributed by atoms with van der Waals surface area (Å²) in [6, 6.07) is 7.59. The number of rotatable bonds is 5. The third-order valence-electron chi connectivity index (χ3n) is 3.94. The summed E-state index contributed by atoms with van der Waals surface area (Å²) in [5, 5.41) is 2.91. The molecule has 0 saturated carbocycles. The Labute approximate surface area is 132 Å². The molecule has 1 amide bonds. The molecule has 0 aromatic heterocycles. The summed E-state index contributed by atoms with van der Waals surface area (Å²) >= 11 is 0. The van der Waals surface area contributed by atoms with Crippen molar-refractivity contribution in [2.75, 3.05) is 32.1 Å². The Hall–Kier alpha value is -1.40. The van der Waals surface area contributed by atoms with E-state index in [2.05, 4.69) is 10.2 Å². The normalized spacial score (nSPS) is 18.3. The first-order chi connectivity index (χ1) is 10.4. The summed E-state index contributed by atoms with van der Waals surface area (Å²) in [4.78, 5) is 14.2. The van der Waals surface area contributed by atoms with Crippen molar-refractivity contribution >= 4 is 15.7 Å². The molecule has 0 bridgehead atoms. The standard InChI is InChI=1S/C16H24N2O3S/c1-18(2)12-14-3-5-15(6-4-14)16(19)17-11-13-7-9-22(20,21)10-8-13/h3-6,13H,7-12H2,1-2H3,(H,17,19). The van der Waals surface area contributed by atoms with Crippen LogP contribution < -0.4 is 5.32 Å². The lowest BCUT2D eigenvalue weighted by molar-refractivity contribution is 0.0946. The van der Waals surface area contributed by atoms with Crippen molar-refractivity contribution in [3.63, 3.8) is 0 Å². The van der Waals surface area contributed by atoms with Crippen LogP contribution in [0.2, 0.25) is 0 Å². The minimum atomic E-state index is -2.84. The zero-order valence-corrected chi connectivity index (χ0v) is 14.0. The van der Waals surface area contributed by atoms with E-state index >= 15 is 0 Å². The van der Waals surface area contributed by atoms with E-state index in [-0.39, 0.29) is 23.3 Å². The highest BCUT2D eigenvalue weighted by atomic mass is 32.2. The Morgan fingerprint density at radius 3 is 2.32 bits per heavy atom. The van der Waals surface area contributed by atoms with Gasteiger partial charge in [-0.2, -0.15) is 0 Å². The highest BCUT2D eigenvalue weighted by Crippen LogP contribution is 2.18. The first-order valence-electron chi connectivity index (χ1n) is 7.58. The van der Waals surface area contributed by atoms with Crippen LogP contribution >= 0.6 is 0 Å². The minimum Gasteiger partial charge on any atom is -0.352 e. The summed E-state index contributed by atoms with van der Waals surface area (Å²) < 4.78 is 22.7. The van der Waals surface area contributed by atoms with Crippen LogP contribution in [0.3, 0.4) is 0 Å². The quantitative estimate of drug-likeness (QED) is 0.887. The number of hydrogen-bond donors (Lipinski definition) is 1. The van der Waals surface area contributed by atoms with E-state index in [1.165, 1.54) is 5.56 Å². The van der Waals surface area contributed by atoms with Crippen LogP contribution in [0.5, 0.6) is 0 Å². The van der Waals surface area contributed by atoms with Gasteiger partial charge < -0.3 is 10.2 Å². The van der Waals surface area contributed by atoms with E-state index in [9.17, 15) is 13.2 Å². The van der Waals surface area contributed by atoms with Crippen molar-refractivity contribution in [1.29, 1.82) is 0 Å². The fraction of sp³-hybridized carbons (Fsp3) is 0.562. The second kappa shape index (κ2) is 7.24. The van der Waals surface area contributed by atoms with E-state index in [0.29, 0.717) is 24.9 Å². The number of sulfone groups is 1. The first kappa shape index (κ1) is 17.0. The largest absolute Gasteiger partial charge is 0.352 e. The molecule has 5 nitrogen and oxygen atoms in total. The number of carbonyl (C=O) groups is 1.